The normalized spacial score (nSPS) is 10.0. The predicted molar refractivity (Wildman–Crippen MR) is 60.3 cm³/mol. The smallest absolute Gasteiger partial charge is 0.335 e. The molecule has 4 N–H and O–H groups in total. The van der Waals surface area contributed by atoms with E-state index in [0.717, 1.165) is 24.2 Å². The number of carboxylic acids is 1. The lowest BCUT2D eigenvalue weighted by Gasteiger charge is -2.07. The lowest BCUT2D eigenvalue weighted by Crippen LogP contribution is -2.09. The second-order valence-electron chi connectivity index (χ2n) is 3.40. The van der Waals surface area contributed by atoms with Crippen LogP contribution in [0.5, 0.6) is 0 Å². The van der Waals surface area contributed by atoms with Gasteiger partial charge in [-0.3, -0.25) is 0 Å². The lowest BCUT2D eigenvalue weighted by molar-refractivity contribution is 0.0696. The third-order valence-electron chi connectivity index (χ3n) is 2.17. The van der Waals surface area contributed by atoms with Crippen LogP contribution < -0.4 is 11.1 Å². The van der Waals surface area contributed by atoms with Gasteiger partial charge in [0.15, 0.2) is 0 Å². The molecule has 0 atom stereocenters. The molecule has 1 rings (SSSR count). The van der Waals surface area contributed by atoms with E-state index in [2.05, 4.69) is 5.32 Å². The SMILES string of the molecule is Cc1cc(NCCCN)ccc1C(=O)O. The molecular formula is C11H16N2O2. The summed E-state index contributed by atoms with van der Waals surface area (Å²) in [7, 11) is 0. The Morgan fingerprint density at radius 1 is 1.53 bits per heavy atom. The summed E-state index contributed by atoms with van der Waals surface area (Å²) >= 11 is 0. The molecule has 1 aromatic rings. The fourth-order valence-electron chi connectivity index (χ4n) is 1.35. The van der Waals surface area contributed by atoms with Crippen molar-refractivity contribution in [3.05, 3.63) is 29.3 Å². The first-order valence-electron chi connectivity index (χ1n) is 4.93. The van der Waals surface area contributed by atoms with Gasteiger partial charge in [0.2, 0.25) is 0 Å². The highest BCUT2D eigenvalue weighted by molar-refractivity contribution is 5.89. The zero-order valence-corrected chi connectivity index (χ0v) is 8.79. The van der Waals surface area contributed by atoms with Crippen LogP contribution in [0.2, 0.25) is 0 Å². The monoisotopic (exact) mass is 208 g/mol. The lowest BCUT2D eigenvalue weighted by atomic mass is 10.1. The van der Waals surface area contributed by atoms with Crippen LogP contribution in [0.15, 0.2) is 18.2 Å². The molecule has 0 radical (unpaired) electrons. The molecule has 1 aromatic carbocycles. The first-order chi connectivity index (χ1) is 7.15. The Hall–Kier alpha value is -1.55. The van der Waals surface area contributed by atoms with Crippen molar-refractivity contribution in [1.82, 2.24) is 0 Å². The molecule has 0 fully saturated rings. The minimum Gasteiger partial charge on any atom is -0.478 e. The Morgan fingerprint density at radius 2 is 2.27 bits per heavy atom. The number of hydrogen-bond acceptors (Lipinski definition) is 3. The first kappa shape index (κ1) is 11.5. The molecule has 0 bridgehead atoms. The third kappa shape index (κ3) is 3.25. The van der Waals surface area contributed by atoms with Crippen LogP contribution in [-0.2, 0) is 0 Å². The van der Waals surface area contributed by atoms with Crippen molar-refractivity contribution in [2.24, 2.45) is 5.73 Å². The molecule has 82 valence electrons. The van der Waals surface area contributed by atoms with Crippen LogP contribution in [0, 0.1) is 6.92 Å². The van der Waals surface area contributed by atoms with Crippen LogP contribution in [0.1, 0.15) is 22.3 Å². The van der Waals surface area contributed by atoms with Gasteiger partial charge in [-0.25, -0.2) is 4.79 Å². The van der Waals surface area contributed by atoms with Gasteiger partial charge in [0.05, 0.1) is 5.56 Å². The molecule has 0 aliphatic heterocycles. The molecule has 0 spiro atoms. The van der Waals surface area contributed by atoms with Crippen molar-refractivity contribution in [2.75, 3.05) is 18.4 Å². The molecule has 4 heteroatoms. The van der Waals surface area contributed by atoms with Crippen molar-refractivity contribution in [3.63, 3.8) is 0 Å². The number of hydrogen-bond donors (Lipinski definition) is 3. The summed E-state index contributed by atoms with van der Waals surface area (Å²) in [6.07, 6.45) is 0.903. The van der Waals surface area contributed by atoms with Crippen LogP contribution in [0.4, 0.5) is 5.69 Å². The van der Waals surface area contributed by atoms with E-state index < -0.39 is 5.97 Å². The molecule has 15 heavy (non-hydrogen) atoms. The van der Waals surface area contributed by atoms with Gasteiger partial charge >= 0.3 is 5.97 Å². The summed E-state index contributed by atoms with van der Waals surface area (Å²) in [5.41, 5.74) is 7.42. The number of nitrogens with one attached hydrogen (secondary N) is 1. The average molecular weight is 208 g/mol. The maximum absolute atomic E-state index is 10.8. The van der Waals surface area contributed by atoms with E-state index in [9.17, 15) is 4.79 Å². The van der Waals surface area contributed by atoms with E-state index in [1.807, 2.05) is 6.07 Å². The maximum atomic E-state index is 10.8. The molecule has 0 heterocycles. The molecule has 0 aromatic heterocycles. The number of nitrogens with two attached hydrogens (primary N) is 1. The largest absolute Gasteiger partial charge is 0.478 e. The highest BCUT2D eigenvalue weighted by atomic mass is 16.4. The fourth-order valence-corrected chi connectivity index (χ4v) is 1.35. The minimum atomic E-state index is -0.888. The quantitative estimate of drug-likeness (QED) is 0.640. The molecule has 0 unspecified atom stereocenters. The van der Waals surface area contributed by atoms with Crippen molar-refractivity contribution in [1.29, 1.82) is 0 Å². The number of carbonyl (C=O) groups is 1. The van der Waals surface area contributed by atoms with Crippen molar-refractivity contribution in [3.8, 4) is 0 Å². The minimum absolute atomic E-state index is 0.347. The Labute approximate surface area is 89.1 Å². The number of benzene rings is 1. The molecule has 0 saturated heterocycles. The topological polar surface area (TPSA) is 75.3 Å². The molecule has 0 saturated carbocycles. The summed E-state index contributed by atoms with van der Waals surface area (Å²) in [6, 6.07) is 5.22. The summed E-state index contributed by atoms with van der Waals surface area (Å²) in [4.78, 5) is 10.8. The Kier molecular flexibility index (Phi) is 4.12. The van der Waals surface area contributed by atoms with Gasteiger partial charge in [-0.15, -0.1) is 0 Å². The van der Waals surface area contributed by atoms with E-state index in [0.29, 0.717) is 12.1 Å². The number of anilines is 1. The maximum Gasteiger partial charge on any atom is 0.335 e. The van der Waals surface area contributed by atoms with E-state index in [1.54, 1.807) is 19.1 Å². The van der Waals surface area contributed by atoms with Crippen LogP contribution >= 0.6 is 0 Å². The number of aryl methyl sites for hydroxylation is 1. The Bertz CT molecular complexity index is 350. The third-order valence-corrected chi connectivity index (χ3v) is 2.17. The van der Waals surface area contributed by atoms with Crippen LogP contribution in [0.3, 0.4) is 0 Å². The summed E-state index contributed by atoms with van der Waals surface area (Å²) in [5.74, 6) is -0.888. The average Bonchev–Trinajstić information content (AvgIpc) is 2.17. The van der Waals surface area contributed by atoms with Gasteiger partial charge in [0, 0.05) is 12.2 Å². The highest BCUT2D eigenvalue weighted by Gasteiger charge is 2.06. The number of rotatable bonds is 5. The predicted octanol–water partition coefficient (Wildman–Crippen LogP) is 1.45. The van der Waals surface area contributed by atoms with E-state index in [1.165, 1.54) is 0 Å². The van der Waals surface area contributed by atoms with Crippen LogP contribution in [-0.4, -0.2) is 24.2 Å². The second-order valence-corrected chi connectivity index (χ2v) is 3.40. The fraction of sp³-hybridized carbons (Fsp3) is 0.364. The molecular weight excluding hydrogens is 192 g/mol. The second kappa shape index (κ2) is 5.36. The van der Waals surface area contributed by atoms with Gasteiger partial charge in [-0.05, 0) is 43.7 Å². The van der Waals surface area contributed by atoms with Gasteiger partial charge in [-0.2, -0.15) is 0 Å². The van der Waals surface area contributed by atoms with Gasteiger partial charge in [-0.1, -0.05) is 0 Å². The highest BCUT2D eigenvalue weighted by Crippen LogP contribution is 2.14. The van der Waals surface area contributed by atoms with Crippen molar-refractivity contribution >= 4 is 11.7 Å². The van der Waals surface area contributed by atoms with E-state index in [-0.39, 0.29) is 0 Å². The first-order valence-corrected chi connectivity index (χ1v) is 4.93. The zero-order valence-electron chi connectivity index (χ0n) is 8.79. The molecule has 0 aliphatic rings. The zero-order chi connectivity index (χ0) is 11.3. The van der Waals surface area contributed by atoms with Crippen molar-refractivity contribution in [2.45, 2.75) is 13.3 Å². The van der Waals surface area contributed by atoms with Gasteiger partial charge in [0.25, 0.3) is 0 Å². The Morgan fingerprint density at radius 3 is 2.80 bits per heavy atom. The number of aromatic carboxylic acids is 1. The van der Waals surface area contributed by atoms with E-state index in [4.69, 9.17) is 10.8 Å². The summed E-state index contributed by atoms with van der Waals surface area (Å²) in [6.45, 7) is 3.25. The molecule has 0 amide bonds. The summed E-state index contributed by atoms with van der Waals surface area (Å²) < 4.78 is 0. The standard InChI is InChI=1S/C11H16N2O2/c1-8-7-9(13-6-2-5-12)3-4-10(8)11(14)15/h3-4,7,13H,2,5-6,12H2,1H3,(H,14,15). The van der Waals surface area contributed by atoms with E-state index >= 15 is 0 Å². The van der Waals surface area contributed by atoms with Crippen LogP contribution in [0.25, 0.3) is 0 Å². The summed E-state index contributed by atoms with van der Waals surface area (Å²) in [5, 5.41) is 12.0. The molecule has 4 nitrogen and oxygen atoms in total. The number of carboxylic acid groups (broad SMARTS) is 1. The molecule has 0 aliphatic carbocycles. The Balaban J connectivity index is 2.69. The van der Waals surface area contributed by atoms with Gasteiger partial charge < -0.3 is 16.2 Å². The van der Waals surface area contributed by atoms with Crippen molar-refractivity contribution < 1.29 is 9.90 Å². The van der Waals surface area contributed by atoms with Gasteiger partial charge in [0.1, 0.15) is 0 Å².